The lowest BCUT2D eigenvalue weighted by atomic mass is 9.84. The van der Waals surface area contributed by atoms with Crippen LogP contribution in [0.1, 0.15) is 110 Å². The number of hydrogen-bond donors (Lipinski definition) is 9. The maximum absolute atomic E-state index is 12.9. The van der Waals surface area contributed by atoms with E-state index in [4.69, 9.17) is 23.3 Å². The van der Waals surface area contributed by atoms with Crippen molar-refractivity contribution in [3.63, 3.8) is 0 Å². The summed E-state index contributed by atoms with van der Waals surface area (Å²) in [6.07, 6.45) is -3.71. The van der Waals surface area contributed by atoms with E-state index in [-0.39, 0.29) is 6.61 Å². The molecule has 1 aliphatic carbocycles. The molecule has 16 heteroatoms. The minimum absolute atomic E-state index is 0.350. The molecule has 1 heterocycles. The Morgan fingerprint density at radius 2 is 1.12 bits per heavy atom. The van der Waals surface area contributed by atoms with Crippen LogP contribution in [-0.2, 0) is 27.8 Å². The van der Waals surface area contributed by atoms with Gasteiger partial charge < -0.3 is 60.0 Å². The van der Waals surface area contributed by atoms with Gasteiger partial charge >= 0.3 is 7.82 Å². The van der Waals surface area contributed by atoms with Crippen molar-refractivity contribution in [3.05, 3.63) is 0 Å². The molecule has 6 unspecified atom stereocenters. The molecule has 0 spiro atoms. The van der Waals surface area contributed by atoms with Gasteiger partial charge in [-0.25, -0.2) is 4.57 Å². The number of unbranched alkanes of at least 4 members (excludes halogenated alkanes) is 13. The van der Waals surface area contributed by atoms with Crippen molar-refractivity contribution in [1.29, 1.82) is 0 Å². The van der Waals surface area contributed by atoms with E-state index in [2.05, 4.69) is 6.92 Å². The molecule has 2 fully saturated rings. The van der Waals surface area contributed by atoms with Gasteiger partial charge in [-0.15, -0.1) is 0 Å². The van der Waals surface area contributed by atoms with Crippen LogP contribution in [0.25, 0.3) is 0 Å². The highest BCUT2D eigenvalue weighted by Gasteiger charge is 2.55. The topological polar surface area (TPSA) is 245 Å². The third-order valence-electron chi connectivity index (χ3n) is 9.17. The standard InChI is InChI=1S/C32H63O15P/c1-3-5-6-7-8-9-10-11-12-13-14-15-16-17-18-43-21(4-2)20-44-48(41,42)47-31-28(39)26(37)25(36)27(38)30(31)46-32-29(40)24(35)23(34)22(19-33)45-32/h21-40H,3-20H2,1-2H3,(H,41,42)/t21-,22?,23+,24+,25+,26+,27?,28?,29?,30?,31+,32+/m1/s1. The average Bonchev–Trinajstić information content (AvgIpc) is 3.07. The quantitative estimate of drug-likeness (QED) is 0.0479. The minimum Gasteiger partial charge on any atom is -0.394 e. The first-order valence-electron chi connectivity index (χ1n) is 17.8. The van der Waals surface area contributed by atoms with Crippen molar-refractivity contribution < 1.29 is 73.6 Å². The first-order valence-corrected chi connectivity index (χ1v) is 19.3. The molecule has 1 saturated heterocycles. The van der Waals surface area contributed by atoms with Gasteiger partial charge in [0.1, 0.15) is 61.0 Å². The first kappa shape index (κ1) is 43.8. The van der Waals surface area contributed by atoms with E-state index in [0.717, 1.165) is 19.3 Å². The van der Waals surface area contributed by atoms with Crippen molar-refractivity contribution in [1.82, 2.24) is 0 Å². The fourth-order valence-corrected chi connectivity index (χ4v) is 6.96. The molecule has 0 aromatic rings. The summed E-state index contributed by atoms with van der Waals surface area (Å²) in [7, 11) is -5.02. The number of aliphatic hydroxyl groups excluding tert-OH is 8. The molecular formula is C32H63O15P. The predicted molar refractivity (Wildman–Crippen MR) is 174 cm³/mol. The van der Waals surface area contributed by atoms with Gasteiger partial charge in [0.15, 0.2) is 6.29 Å². The van der Waals surface area contributed by atoms with E-state index in [0.29, 0.717) is 13.0 Å². The van der Waals surface area contributed by atoms with E-state index in [1.165, 1.54) is 70.6 Å². The number of aliphatic hydroxyl groups is 8. The summed E-state index contributed by atoms with van der Waals surface area (Å²) in [5.41, 5.74) is 0. The Labute approximate surface area is 284 Å². The predicted octanol–water partition coefficient (Wildman–Crippen LogP) is 1.41. The SMILES string of the molecule is CCCCCCCCCCCCCCCCO[C@H](CC)COP(=O)(O)O[C@@H]1C(O[C@@H]2OC(CO)[C@H](O)[C@H](O)C2O)C(O)[C@@H](O)[C@H](O)C1O. The molecule has 9 N–H and O–H groups in total. The summed E-state index contributed by atoms with van der Waals surface area (Å²) in [5, 5.41) is 81.5. The lowest BCUT2D eigenvalue weighted by Gasteiger charge is -2.47. The van der Waals surface area contributed by atoms with Gasteiger partial charge in [-0.05, 0) is 12.8 Å². The van der Waals surface area contributed by atoms with Gasteiger partial charge in [-0.2, -0.15) is 0 Å². The van der Waals surface area contributed by atoms with Crippen LogP contribution in [0.3, 0.4) is 0 Å². The van der Waals surface area contributed by atoms with Gasteiger partial charge in [0.2, 0.25) is 0 Å². The zero-order chi connectivity index (χ0) is 35.7. The van der Waals surface area contributed by atoms with E-state index >= 15 is 0 Å². The second kappa shape index (κ2) is 23.3. The largest absolute Gasteiger partial charge is 0.472 e. The molecule has 0 aromatic heterocycles. The van der Waals surface area contributed by atoms with Crippen LogP contribution in [0.4, 0.5) is 0 Å². The van der Waals surface area contributed by atoms with Gasteiger partial charge in [0, 0.05) is 6.61 Å². The number of rotatable bonds is 25. The van der Waals surface area contributed by atoms with Crippen LogP contribution in [0.15, 0.2) is 0 Å². The number of phosphoric ester groups is 1. The van der Waals surface area contributed by atoms with Crippen LogP contribution in [0.2, 0.25) is 0 Å². The molecule has 2 aliphatic rings. The summed E-state index contributed by atoms with van der Waals surface area (Å²) in [4.78, 5) is 10.5. The lowest BCUT2D eigenvalue weighted by molar-refractivity contribution is -0.338. The van der Waals surface area contributed by atoms with Crippen molar-refractivity contribution in [2.45, 2.75) is 184 Å². The Morgan fingerprint density at radius 1 is 0.646 bits per heavy atom. The molecule has 0 radical (unpaired) electrons. The maximum Gasteiger partial charge on any atom is 0.472 e. The second-order valence-corrected chi connectivity index (χ2v) is 14.5. The monoisotopic (exact) mass is 718 g/mol. The molecule has 15 nitrogen and oxygen atoms in total. The summed E-state index contributed by atoms with van der Waals surface area (Å²) in [6.45, 7) is 3.34. The first-order chi connectivity index (χ1) is 22.9. The fraction of sp³-hybridized carbons (Fsp3) is 1.00. The second-order valence-electron chi connectivity index (χ2n) is 13.1. The minimum atomic E-state index is -5.02. The molecule has 286 valence electrons. The van der Waals surface area contributed by atoms with E-state index in [1.807, 2.05) is 6.92 Å². The van der Waals surface area contributed by atoms with Gasteiger partial charge in [0.05, 0.1) is 19.3 Å². The molecule has 1 aliphatic heterocycles. The van der Waals surface area contributed by atoms with E-state index in [1.54, 1.807) is 0 Å². The van der Waals surface area contributed by atoms with Crippen molar-refractivity contribution in [2.75, 3.05) is 19.8 Å². The van der Waals surface area contributed by atoms with Gasteiger partial charge in [-0.1, -0.05) is 97.3 Å². The normalized spacial score (nSPS) is 34.6. The highest BCUT2D eigenvalue weighted by Crippen LogP contribution is 2.48. The van der Waals surface area contributed by atoms with Gasteiger partial charge in [0.25, 0.3) is 0 Å². The van der Waals surface area contributed by atoms with Crippen LogP contribution < -0.4 is 0 Å². The maximum atomic E-state index is 12.9. The lowest BCUT2D eigenvalue weighted by Crippen LogP contribution is -2.67. The highest BCUT2D eigenvalue weighted by atomic mass is 31.2. The van der Waals surface area contributed by atoms with Crippen molar-refractivity contribution in [2.24, 2.45) is 0 Å². The molecule has 1 saturated carbocycles. The van der Waals surface area contributed by atoms with E-state index in [9.17, 15) is 50.3 Å². The summed E-state index contributed by atoms with van der Waals surface area (Å²) >= 11 is 0. The third kappa shape index (κ3) is 14.4. The molecule has 0 amide bonds. The molecule has 0 aromatic carbocycles. The summed E-state index contributed by atoms with van der Waals surface area (Å²) < 4.78 is 39.7. The Kier molecular flexibility index (Phi) is 21.3. The smallest absolute Gasteiger partial charge is 0.394 e. The molecule has 48 heavy (non-hydrogen) atoms. The number of ether oxygens (including phenoxy) is 3. The third-order valence-corrected chi connectivity index (χ3v) is 10.2. The zero-order valence-electron chi connectivity index (χ0n) is 28.6. The molecule has 2 rings (SSSR count). The van der Waals surface area contributed by atoms with Gasteiger partial charge in [-0.3, -0.25) is 9.05 Å². The highest BCUT2D eigenvalue weighted by molar-refractivity contribution is 7.47. The Hall–Kier alpha value is -0.330. The zero-order valence-corrected chi connectivity index (χ0v) is 29.5. The Balaban J connectivity index is 1.77. The van der Waals surface area contributed by atoms with Crippen LogP contribution in [0.5, 0.6) is 0 Å². The Morgan fingerprint density at radius 3 is 1.62 bits per heavy atom. The molecular weight excluding hydrogens is 655 g/mol. The van der Waals surface area contributed by atoms with Crippen molar-refractivity contribution >= 4 is 7.82 Å². The van der Waals surface area contributed by atoms with E-state index < -0.39 is 87.9 Å². The molecule has 13 atom stereocenters. The summed E-state index contributed by atoms with van der Waals surface area (Å²) in [5.74, 6) is 0. The van der Waals surface area contributed by atoms with Crippen molar-refractivity contribution in [3.8, 4) is 0 Å². The Bertz CT molecular complexity index is 884. The van der Waals surface area contributed by atoms with Crippen LogP contribution >= 0.6 is 7.82 Å². The van der Waals surface area contributed by atoms with Crippen LogP contribution in [-0.4, -0.2) is 139 Å². The summed E-state index contributed by atoms with van der Waals surface area (Å²) in [6, 6.07) is 0. The average molecular weight is 719 g/mol. The fourth-order valence-electron chi connectivity index (χ4n) is 5.99. The number of phosphoric acid groups is 1. The number of hydrogen-bond acceptors (Lipinski definition) is 14. The van der Waals surface area contributed by atoms with Crippen LogP contribution in [0, 0.1) is 0 Å². The molecule has 0 bridgehead atoms.